The van der Waals surface area contributed by atoms with Gasteiger partial charge < -0.3 is 15.4 Å². The van der Waals surface area contributed by atoms with Gasteiger partial charge in [-0.1, -0.05) is 15.9 Å². The molecule has 0 fully saturated rings. The molecule has 0 saturated heterocycles. The molecule has 2 aromatic rings. The van der Waals surface area contributed by atoms with Gasteiger partial charge in [0.1, 0.15) is 5.75 Å². The number of hydrogen-bond donors (Lipinski definition) is 3. The van der Waals surface area contributed by atoms with E-state index in [4.69, 9.17) is 4.74 Å². The summed E-state index contributed by atoms with van der Waals surface area (Å²) < 4.78 is 6.46. The Morgan fingerprint density at radius 1 is 1.50 bits per heavy atom. The number of aromatic nitrogens is 2. The molecule has 1 amide bonds. The summed E-state index contributed by atoms with van der Waals surface area (Å²) in [6, 6.07) is 5.50. The highest BCUT2D eigenvalue weighted by molar-refractivity contribution is 9.10. The van der Waals surface area contributed by atoms with E-state index >= 15 is 0 Å². The van der Waals surface area contributed by atoms with Crippen LogP contribution in [0, 0.1) is 0 Å². The van der Waals surface area contributed by atoms with Crippen molar-refractivity contribution in [3.63, 3.8) is 0 Å². The van der Waals surface area contributed by atoms with E-state index in [2.05, 4.69) is 36.8 Å². The fourth-order valence-corrected chi connectivity index (χ4v) is 2.81. The van der Waals surface area contributed by atoms with Gasteiger partial charge in [-0.15, -0.1) is 0 Å². The largest absolute Gasteiger partial charge is 0.492 e. The maximum atomic E-state index is 12.5. The van der Waals surface area contributed by atoms with E-state index in [1.807, 2.05) is 25.1 Å². The number of carbonyl (C=O) groups excluding carboxylic acids is 1. The van der Waals surface area contributed by atoms with Crippen molar-refractivity contribution in [3.05, 3.63) is 39.6 Å². The molecule has 7 heteroatoms. The second-order valence-electron chi connectivity index (χ2n) is 4.98. The first kappa shape index (κ1) is 15.1. The third-order valence-corrected chi connectivity index (χ3v) is 4.01. The fraction of sp³-hybridized carbons (Fsp3) is 0.333. The number of ether oxygens (including phenoxy) is 1. The van der Waals surface area contributed by atoms with E-state index in [-0.39, 0.29) is 5.91 Å². The molecular formula is C15H17BrN4O2. The molecule has 0 saturated carbocycles. The Morgan fingerprint density at radius 2 is 2.36 bits per heavy atom. The minimum atomic E-state index is -0.232. The molecule has 1 aliphatic heterocycles. The number of anilines is 1. The normalized spacial score (nSPS) is 13.5. The standard InChI is InChI=1S/C15H17BrN4O2/c1-2-22-13-7-9(16)3-4-12(13)18-15(21)14-10-8-17-6-5-11(10)19-20-14/h3-4,7,17H,2,5-6,8H2,1H3,(H,18,21)(H,19,20). The number of aromatic amines is 1. The first-order valence-electron chi connectivity index (χ1n) is 7.19. The van der Waals surface area contributed by atoms with Crippen LogP contribution in [0.25, 0.3) is 0 Å². The van der Waals surface area contributed by atoms with Crippen molar-refractivity contribution in [1.29, 1.82) is 0 Å². The van der Waals surface area contributed by atoms with Crippen LogP contribution in [0.15, 0.2) is 22.7 Å². The maximum absolute atomic E-state index is 12.5. The second-order valence-corrected chi connectivity index (χ2v) is 5.90. The summed E-state index contributed by atoms with van der Waals surface area (Å²) in [5.41, 5.74) is 3.05. The van der Waals surface area contributed by atoms with E-state index < -0.39 is 0 Å². The summed E-state index contributed by atoms with van der Waals surface area (Å²) in [6.45, 7) is 3.99. The van der Waals surface area contributed by atoms with E-state index in [9.17, 15) is 4.79 Å². The van der Waals surface area contributed by atoms with Crippen molar-refractivity contribution in [3.8, 4) is 5.75 Å². The minimum absolute atomic E-state index is 0.232. The lowest BCUT2D eigenvalue weighted by Gasteiger charge is -2.14. The molecule has 1 aromatic carbocycles. The van der Waals surface area contributed by atoms with Crippen LogP contribution in [0.3, 0.4) is 0 Å². The highest BCUT2D eigenvalue weighted by Gasteiger charge is 2.22. The van der Waals surface area contributed by atoms with Gasteiger partial charge in [0.05, 0.1) is 12.3 Å². The van der Waals surface area contributed by atoms with Crippen LogP contribution in [0.2, 0.25) is 0 Å². The lowest BCUT2D eigenvalue weighted by Crippen LogP contribution is -2.25. The van der Waals surface area contributed by atoms with Gasteiger partial charge in [0, 0.05) is 35.2 Å². The van der Waals surface area contributed by atoms with E-state index in [0.29, 0.717) is 30.3 Å². The average Bonchev–Trinajstić information content (AvgIpc) is 2.94. The first-order chi connectivity index (χ1) is 10.7. The van der Waals surface area contributed by atoms with Crippen LogP contribution in [-0.2, 0) is 13.0 Å². The van der Waals surface area contributed by atoms with Crippen LogP contribution >= 0.6 is 15.9 Å². The molecular weight excluding hydrogens is 348 g/mol. The van der Waals surface area contributed by atoms with Crippen LogP contribution in [0.4, 0.5) is 5.69 Å². The zero-order valence-electron chi connectivity index (χ0n) is 12.2. The van der Waals surface area contributed by atoms with Gasteiger partial charge in [0.15, 0.2) is 5.69 Å². The molecule has 22 heavy (non-hydrogen) atoms. The minimum Gasteiger partial charge on any atom is -0.492 e. The molecule has 0 bridgehead atoms. The number of benzene rings is 1. The number of nitrogens with zero attached hydrogens (tertiary/aromatic N) is 1. The monoisotopic (exact) mass is 364 g/mol. The molecule has 0 aliphatic carbocycles. The molecule has 3 rings (SSSR count). The van der Waals surface area contributed by atoms with Crippen molar-refractivity contribution in [2.45, 2.75) is 19.9 Å². The number of hydrogen-bond acceptors (Lipinski definition) is 4. The molecule has 0 unspecified atom stereocenters. The Morgan fingerprint density at radius 3 is 3.18 bits per heavy atom. The number of fused-ring (bicyclic) bond motifs is 1. The Hall–Kier alpha value is -1.86. The number of rotatable bonds is 4. The highest BCUT2D eigenvalue weighted by atomic mass is 79.9. The Labute approximate surface area is 136 Å². The Bertz CT molecular complexity index is 699. The topological polar surface area (TPSA) is 79.0 Å². The SMILES string of the molecule is CCOc1cc(Br)ccc1NC(=O)c1n[nH]c2c1CNCC2. The Kier molecular flexibility index (Phi) is 4.44. The summed E-state index contributed by atoms with van der Waals surface area (Å²) in [5.74, 6) is 0.400. The number of nitrogens with one attached hydrogen (secondary N) is 3. The van der Waals surface area contributed by atoms with E-state index in [1.54, 1.807) is 0 Å². The zero-order valence-corrected chi connectivity index (χ0v) is 13.8. The van der Waals surface area contributed by atoms with Gasteiger partial charge in [0.25, 0.3) is 5.91 Å². The molecule has 0 radical (unpaired) electrons. The van der Waals surface area contributed by atoms with Gasteiger partial charge in [-0.25, -0.2) is 0 Å². The van der Waals surface area contributed by atoms with Crippen LogP contribution < -0.4 is 15.4 Å². The molecule has 0 spiro atoms. The van der Waals surface area contributed by atoms with E-state index in [1.165, 1.54) is 0 Å². The van der Waals surface area contributed by atoms with Crippen LogP contribution in [0.5, 0.6) is 5.75 Å². The zero-order chi connectivity index (χ0) is 15.5. The van der Waals surface area contributed by atoms with Gasteiger partial charge in [-0.2, -0.15) is 5.10 Å². The third kappa shape index (κ3) is 3.00. The van der Waals surface area contributed by atoms with Gasteiger partial charge >= 0.3 is 0 Å². The number of carbonyl (C=O) groups is 1. The maximum Gasteiger partial charge on any atom is 0.276 e. The molecule has 2 heterocycles. The van der Waals surface area contributed by atoms with Crippen molar-refractivity contribution >= 4 is 27.5 Å². The van der Waals surface area contributed by atoms with Crippen molar-refractivity contribution in [2.75, 3.05) is 18.5 Å². The summed E-state index contributed by atoms with van der Waals surface area (Å²) in [5, 5.41) is 13.2. The third-order valence-electron chi connectivity index (χ3n) is 3.51. The van der Waals surface area contributed by atoms with Crippen molar-refractivity contribution in [2.24, 2.45) is 0 Å². The summed E-state index contributed by atoms with van der Waals surface area (Å²) >= 11 is 3.40. The summed E-state index contributed by atoms with van der Waals surface area (Å²) in [4.78, 5) is 12.5. The van der Waals surface area contributed by atoms with Crippen molar-refractivity contribution in [1.82, 2.24) is 15.5 Å². The predicted octanol–water partition coefficient (Wildman–Crippen LogP) is 2.47. The number of halogens is 1. The number of H-pyrrole nitrogens is 1. The van der Waals surface area contributed by atoms with Gasteiger partial charge in [0.2, 0.25) is 0 Å². The summed E-state index contributed by atoms with van der Waals surface area (Å²) in [6.07, 6.45) is 0.859. The predicted molar refractivity (Wildman–Crippen MR) is 87.3 cm³/mol. The molecule has 1 aliphatic rings. The average molecular weight is 365 g/mol. The van der Waals surface area contributed by atoms with Crippen LogP contribution in [-0.4, -0.2) is 29.3 Å². The second kappa shape index (κ2) is 6.50. The summed E-state index contributed by atoms with van der Waals surface area (Å²) in [7, 11) is 0. The first-order valence-corrected chi connectivity index (χ1v) is 7.99. The molecule has 6 nitrogen and oxygen atoms in total. The van der Waals surface area contributed by atoms with Gasteiger partial charge in [-0.05, 0) is 25.1 Å². The quantitative estimate of drug-likeness (QED) is 0.778. The number of amides is 1. The Balaban J connectivity index is 1.84. The molecule has 116 valence electrons. The van der Waals surface area contributed by atoms with Gasteiger partial charge in [-0.3, -0.25) is 9.89 Å². The molecule has 1 aromatic heterocycles. The smallest absolute Gasteiger partial charge is 0.276 e. The van der Waals surface area contributed by atoms with Crippen LogP contribution in [0.1, 0.15) is 28.7 Å². The van der Waals surface area contributed by atoms with E-state index in [0.717, 1.165) is 28.7 Å². The highest BCUT2D eigenvalue weighted by Crippen LogP contribution is 2.29. The van der Waals surface area contributed by atoms with Crippen molar-refractivity contribution < 1.29 is 9.53 Å². The molecule has 3 N–H and O–H groups in total. The molecule has 0 atom stereocenters. The lowest BCUT2D eigenvalue weighted by molar-refractivity contribution is 0.102. The fourth-order valence-electron chi connectivity index (χ4n) is 2.47. The lowest BCUT2D eigenvalue weighted by atomic mass is 10.1.